The van der Waals surface area contributed by atoms with Gasteiger partial charge in [0.25, 0.3) is 0 Å². The third-order valence-corrected chi connectivity index (χ3v) is 5.75. The highest BCUT2D eigenvalue weighted by molar-refractivity contribution is 5.01. The Morgan fingerprint density at radius 2 is 2.11 bits per heavy atom. The van der Waals surface area contributed by atoms with E-state index in [-0.39, 0.29) is 5.60 Å². The number of rotatable bonds is 2. The van der Waals surface area contributed by atoms with E-state index in [0.717, 1.165) is 32.2 Å². The van der Waals surface area contributed by atoms with Gasteiger partial charge in [-0.25, -0.2) is 0 Å². The first-order valence-corrected chi connectivity index (χ1v) is 8.25. The maximum atomic E-state index is 6.12. The monoisotopic (exact) mass is 267 g/mol. The Bertz CT molecular complexity index is 291. The topological polar surface area (TPSA) is 30.5 Å². The van der Waals surface area contributed by atoms with Gasteiger partial charge in [0.1, 0.15) is 0 Å². The Kier molecular flexibility index (Phi) is 4.16. The fourth-order valence-electron chi connectivity index (χ4n) is 4.47. The Hall–Kier alpha value is -0.120. The largest absolute Gasteiger partial charge is 0.378 e. The molecule has 0 saturated carbocycles. The molecule has 3 nitrogen and oxygen atoms in total. The summed E-state index contributed by atoms with van der Waals surface area (Å²) in [5.74, 6) is 0.769. The van der Waals surface area contributed by atoms with Crippen LogP contribution in [-0.2, 0) is 9.47 Å². The van der Waals surface area contributed by atoms with Gasteiger partial charge in [0.05, 0.1) is 12.2 Å². The molecule has 0 aromatic carbocycles. The second-order valence-electron chi connectivity index (χ2n) is 6.77. The fraction of sp³-hybridized carbons (Fsp3) is 1.00. The molecule has 0 bridgehead atoms. The van der Waals surface area contributed by atoms with Crippen LogP contribution < -0.4 is 5.32 Å². The molecule has 3 aliphatic heterocycles. The van der Waals surface area contributed by atoms with Gasteiger partial charge in [-0.1, -0.05) is 19.8 Å². The van der Waals surface area contributed by atoms with Crippen LogP contribution in [0.5, 0.6) is 0 Å². The normalized spacial score (nSPS) is 44.4. The van der Waals surface area contributed by atoms with Crippen LogP contribution in [-0.4, -0.2) is 37.5 Å². The van der Waals surface area contributed by atoms with Crippen molar-refractivity contribution < 1.29 is 9.47 Å². The van der Waals surface area contributed by atoms with Crippen molar-refractivity contribution in [3.05, 3.63) is 0 Å². The lowest BCUT2D eigenvalue weighted by atomic mass is 9.70. The quantitative estimate of drug-likeness (QED) is 0.834. The van der Waals surface area contributed by atoms with Gasteiger partial charge in [0.2, 0.25) is 0 Å². The zero-order valence-corrected chi connectivity index (χ0v) is 12.4. The molecule has 3 heterocycles. The maximum absolute atomic E-state index is 6.12. The van der Waals surface area contributed by atoms with Crippen molar-refractivity contribution >= 4 is 0 Å². The first kappa shape index (κ1) is 13.8. The third kappa shape index (κ3) is 2.70. The summed E-state index contributed by atoms with van der Waals surface area (Å²) < 4.78 is 11.7. The molecule has 3 aliphatic rings. The lowest BCUT2D eigenvalue weighted by Gasteiger charge is -2.47. The predicted molar refractivity (Wildman–Crippen MR) is 76.3 cm³/mol. The minimum absolute atomic E-state index is 0.0546. The van der Waals surface area contributed by atoms with Crippen molar-refractivity contribution in [2.45, 2.75) is 69.4 Å². The van der Waals surface area contributed by atoms with E-state index in [9.17, 15) is 0 Å². The molecule has 0 aliphatic carbocycles. The summed E-state index contributed by atoms with van der Waals surface area (Å²) in [7, 11) is 0. The van der Waals surface area contributed by atoms with E-state index in [1.807, 2.05) is 0 Å². The highest BCUT2D eigenvalue weighted by Gasteiger charge is 2.47. The van der Waals surface area contributed by atoms with E-state index >= 15 is 0 Å². The highest BCUT2D eigenvalue weighted by Crippen LogP contribution is 2.43. The van der Waals surface area contributed by atoms with Crippen molar-refractivity contribution in [1.29, 1.82) is 0 Å². The fourth-order valence-corrected chi connectivity index (χ4v) is 4.47. The Morgan fingerprint density at radius 1 is 1.16 bits per heavy atom. The number of nitrogens with one attached hydrogen (secondary N) is 1. The van der Waals surface area contributed by atoms with Crippen LogP contribution in [0, 0.1) is 5.92 Å². The van der Waals surface area contributed by atoms with Crippen LogP contribution in [0.1, 0.15) is 58.3 Å². The number of hydrogen-bond donors (Lipinski definition) is 1. The molecule has 1 N–H and O–H groups in total. The van der Waals surface area contributed by atoms with E-state index in [2.05, 4.69) is 12.2 Å². The van der Waals surface area contributed by atoms with Crippen LogP contribution in [0.15, 0.2) is 0 Å². The molecule has 0 aromatic heterocycles. The summed E-state index contributed by atoms with van der Waals surface area (Å²) in [6, 6.07) is 0. The van der Waals surface area contributed by atoms with Crippen molar-refractivity contribution in [2.75, 3.05) is 26.4 Å². The minimum Gasteiger partial charge on any atom is -0.378 e. The number of hydrogen-bond acceptors (Lipinski definition) is 3. The summed E-state index contributed by atoms with van der Waals surface area (Å²) in [6.45, 7) is 6.21. The summed E-state index contributed by atoms with van der Waals surface area (Å²) >= 11 is 0. The zero-order valence-electron chi connectivity index (χ0n) is 12.4. The molecule has 3 fully saturated rings. The van der Waals surface area contributed by atoms with Gasteiger partial charge < -0.3 is 14.8 Å². The molecule has 110 valence electrons. The molecule has 19 heavy (non-hydrogen) atoms. The second-order valence-corrected chi connectivity index (χ2v) is 6.77. The average Bonchev–Trinajstić information content (AvgIpc) is 2.76. The van der Waals surface area contributed by atoms with E-state index < -0.39 is 0 Å². The smallest absolute Gasteiger partial charge is 0.0940 e. The third-order valence-electron chi connectivity index (χ3n) is 5.75. The average molecular weight is 267 g/mol. The first-order chi connectivity index (χ1) is 9.29. The summed E-state index contributed by atoms with van der Waals surface area (Å²) in [6.07, 6.45) is 10.3. The Balaban J connectivity index is 1.74. The maximum Gasteiger partial charge on any atom is 0.0940 e. The molecule has 3 saturated heterocycles. The van der Waals surface area contributed by atoms with Crippen LogP contribution >= 0.6 is 0 Å². The summed E-state index contributed by atoms with van der Waals surface area (Å²) in [5.41, 5.74) is 0.426. The van der Waals surface area contributed by atoms with Gasteiger partial charge in [0, 0.05) is 25.2 Å². The van der Waals surface area contributed by atoms with Crippen molar-refractivity contribution in [1.82, 2.24) is 5.32 Å². The lowest BCUT2D eigenvalue weighted by Crippen LogP contribution is -2.55. The SMILES string of the molecule is CCC1(C2CCOC3(CCOC3)C2)CCCCCN1. The summed E-state index contributed by atoms with van der Waals surface area (Å²) in [4.78, 5) is 0. The molecule has 3 heteroatoms. The first-order valence-electron chi connectivity index (χ1n) is 8.25. The van der Waals surface area contributed by atoms with E-state index in [0.29, 0.717) is 5.54 Å². The van der Waals surface area contributed by atoms with Crippen molar-refractivity contribution in [3.8, 4) is 0 Å². The Labute approximate surface area is 117 Å². The van der Waals surface area contributed by atoms with Gasteiger partial charge in [-0.2, -0.15) is 0 Å². The lowest BCUT2D eigenvalue weighted by molar-refractivity contribution is -0.113. The van der Waals surface area contributed by atoms with Gasteiger partial charge in [0.15, 0.2) is 0 Å². The zero-order chi connectivity index (χ0) is 13.2. The summed E-state index contributed by atoms with van der Waals surface area (Å²) in [5, 5.41) is 3.92. The molecule has 3 rings (SSSR count). The van der Waals surface area contributed by atoms with E-state index in [1.54, 1.807) is 0 Å². The highest BCUT2D eigenvalue weighted by atomic mass is 16.6. The minimum atomic E-state index is 0.0546. The van der Waals surface area contributed by atoms with Crippen LogP contribution in [0.2, 0.25) is 0 Å². The van der Waals surface area contributed by atoms with Gasteiger partial charge in [-0.15, -0.1) is 0 Å². The molecule has 0 amide bonds. The molecular formula is C16H29NO2. The molecule has 1 spiro atoms. The van der Waals surface area contributed by atoms with Gasteiger partial charge in [-0.3, -0.25) is 0 Å². The number of ether oxygens (including phenoxy) is 2. The predicted octanol–water partition coefficient (Wildman–Crippen LogP) is 2.88. The Morgan fingerprint density at radius 3 is 2.89 bits per heavy atom. The standard InChI is InChI=1S/C16H29NO2/c1-2-16(7-4-3-5-9-17-16)14-6-10-19-15(12-14)8-11-18-13-15/h14,17H,2-13H2,1H3. The molecular weight excluding hydrogens is 238 g/mol. The van der Waals surface area contributed by atoms with E-state index in [4.69, 9.17) is 9.47 Å². The second kappa shape index (κ2) is 5.71. The van der Waals surface area contributed by atoms with Crippen LogP contribution in [0.4, 0.5) is 0 Å². The molecule has 0 aromatic rings. The van der Waals surface area contributed by atoms with Crippen molar-refractivity contribution in [3.63, 3.8) is 0 Å². The van der Waals surface area contributed by atoms with Gasteiger partial charge >= 0.3 is 0 Å². The molecule has 3 atom stereocenters. The molecule has 3 unspecified atom stereocenters. The molecule has 0 radical (unpaired) electrons. The van der Waals surface area contributed by atoms with E-state index in [1.165, 1.54) is 51.5 Å². The van der Waals surface area contributed by atoms with Crippen LogP contribution in [0.25, 0.3) is 0 Å². The van der Waals surface area contributed by atoms with Crippen LogP contribution in [0.3, 0.4) is 0 Å². The van der Waals surface area contributed by atoms with Crippen molar-refractivity contribution in [2.24, 2.45) is 5.92 Å². The van der Waals surface area contributed by atoms with Gasteiger partial charge in [-0.05, 0) is 44.6 Å².